The van der Waals surface area contributed by atoms with Crippen LogP contribution in [0.25, 0.3) is 171 Å². The van der Waals surface area contributed by atoms with E-state index in [4.69, 9.17) is 14.8 Å². The number of imidazole rings is 4. The molecule has 6 heterocycles. The Morgan fingerprint density at radius 2 is 0.544 bits per heavy atom. The van der Waals surface area contributed by atoms with Crippen LogP contribution in [0.15, 0.2) is 297 Å². The molecule has 9 nitrogen and oxygen atoms in total. The van der Waals surface area contributed by atoms with Crippen LogP contribution in [0.5, 0.6) is 0 Å². The Labute approximate surface area is 515 Å². The zero-order valence-electron chi connectivity index (χ0n) is 48.3. The molecule has 0 aliphatic rings. The van der Waals surface area contributed by atoms with E-state index in [-0.39, 0.29) is 0 Å². The monoisotopic (exact) mass is 1150 g/mol. The Morgan fingerprint density at radius 3 is 0.878 bits per heavy atom. The first-order chi connectivity index (χ1) is 44.6. The van der Waals surface area contributed by atoms with Crippen molar-refractivity contribution in [3.8, 4) is 67.3 Å². The fourth-order valence-electron chi connectivity index (χ4n) is 14.5. The maximum Gasteiger partial charge on any atom is 0.238 e. The Balaban J connectivity index is 1.04. The molecule has 0 bridgehead atoms. The van der Waals surface area contributed by atoms with E-state index in [1.165, 1.54) is 0 Å². The number of hydrogen-bond acceptors (Lipinski definition) is 2. The van der Waals surface area contributed by atoms with Crippen molar-refractivity contribution in [1.29, 1.82) is 0 Å². The third-order valence-corrected chi connectivity index (χ3v) is 18.4. The highest BCUT2D eigenvalue weighted by Crippen LogP contribution is 2.50. The van der Waals surface area contributed by atoms with Crippen LogP contribution in [0, 0.1) is 6.57 Å². The molecule has 6 aromatic heterocycles. The van der Waals surface area contributed by atoms with E-state index in [0.29, 0.717) is 28.6 Å². The topological polar surface area (TPSA) is 58.7 Å². The first kappa shape index (κ1) is 49.7. The predicted octanol–water partition coefficient (Wildman–Crippen LogP) is 20.6. The standard InChI is InChI=1S/C81H49N9/c1-82-77-78(85-65-34-18-14-30-59(65)60-31-15-19-35-66(60)85)75(87-69-44-40-57(53-26-10-4-11-27-53)48-73(69)89-71-46-55(51-22-6-2-7-23-51)38-42-63(71)83-80(87)89)50-76(79(77)86-67-36-20-16-32-61(67)62-33-17-21-37-68(62)86)88-70-45-41-58(54-28-12-5-13-29-54)49-74(70)90-72-47-56(52-24-8-3-9-25-52)39-43-64(72)84-81(88)90/h2-50H. The van der Waals surface area contributed by atoms with Gasteiger partial charge in [0.05, 0.1) is 95.5 Å². The van der Waals surface area contributed by atoms with Gasteiger partial charge in [-0.1, -0.05) is 218 Å². The Hall–Kier alpha value is -12.5. The van der Waals surface area contributed by atoms with E-state index in [2.05, 4.69) is 324 Å². The molecule has 0 atom stereocenters. The van der Waals surface area contributed by atoms with Crippen LogP contribution in [-0.2, 0) is 0 Å². The molecule has 0 saturated carbocycles. The van der Waals surface area contributed by atoms with Gasteiger partial charge in [0.25, 0.3) is 0 Å². The molecule has 19 aromatic rings. The quantitative estimate of drug-likeness (QED) is 0.142. The van der Waals surface area contributed by atoms with Gasteiger partial charge in [-0.2, -0.15) is 0 Å². The first-order valence-electron chi connectivity index (χ1n) is 30.3. The molecule has 0 amide bonds. The zero-order valence-corrected chi connectivity index (χ0v) is 48.3. The number of hydrogen-bond donors (Lipinski definition) is 0. The van der Waals surface area contributed by atoms with Crippen molar-refractivity contribution in [2.75, 3.05) is 0 Å². The summed E-state index contributed by atoms with van der Waals surface area (Å²) in [6, 6.07) is 106. The van der Waals surface area contributed by atoms with Gasteiger partial charge in [-0.3, -0.25) is 17.9 Å². The highest BCUT2D eigenvalue weighted by Gasteiger charge is 2.33. The maximum atomic E-state index is 10.1. The number of rotatable bonds is 8. The molecular formula is C81H49N9. The highest BCUT2D eigenvalue weighted by atomic mass is 15.3. The van der Waals surface area contributed by atoms with Crippen LogP contribution >= 0.6 is 0 Å². The van der Waals surface area contributed by atoms with Crippen LogP contribution < -0.4 is 0 Å². The second-order valence-electron chi connectivity index (χ2n) is 23.3. The van der Waals surface area contributed by atoms with Crippen LogP contribution in [0.1, 0.15) is 0 Å². The molecule has 9 heteroatoms. The summed E-state index contributed by atoms with van der Waals surface area (Å²) in [6.45, 7) is 10.1. The molecule has 0 saturated heterocycles. The van der Waals surface area contributed by atoms with Crippen LogP contribution in [-0.4, -0.2) is 37.0 Å². The molecule has 0 N–H and O–H groups in total. The van der Waals surface area contributed by atoms with Crippen LogP contribution in [0.3, 0.4) is 0 Å². The maximum absolute atomic E-state index is 10.1. The van der Waals surface area contributed by atoms with Gasteiger partial charge in [0.15, 0.2) is 0 Å². The van der Waals surface area contributed by atoms with Gasteiger partial charge in [0.2, 0.25) is 17.2 Å². The Kier molecular flexibility index (Phi) is 10.6. The fraction of sp³-hybridized carbons (Fsp3) is 0. The van der Waals surface area contributed by atoms with E-state index >= 15 is 0 Å². The van der Waals surface area contributed by atoms with Crippen molar-refractivity contribution in [3.63, 3.8) is 0 Å². The molecule has 13 aromatic carbocycles. The number of para-hydroxylation sites is 4. The summed E-state index contributed by atoms with van der Waals surface area (Å²) in [7, 11) is 0. The van der Waals surface area contributed by atoms with Gasteiger partial charge < -0.3 is 9.13 Å². The van der Waals surface area contributed by atoms with Gasteiger partial charge in [-0.05, 0) is 123 Å². The van der Waals surface area contributed by atoms with Crippen molar-refractivity contribution in [3.05, 3.63) is 309 Å². The second kappa shape index (κ2) is 19.2. The molecule has 90 heavy (non-hydrogen) atoms. The fourth-order valence-corrected chi connectivity index (χ4v) is 14.5. The number of nitrogens with zero attached hydrogens (tertiary/aromatic N) is 9. The molecule has 0 unspecified atom stereocenters. The van der Waals surface area contributed by atoms with E-state index in [1.54, 1.807) is 0 Å². The first-order valence-corrected chi connectivity index (χ1v) is 30.3. The molecular weight excluding hydrogens is 1100 g/mol. The molecule has 0 aliphatic carbocycles. The highest BCUT2D eigenvalue weighted by molar-refractivity contribution is 6.14. The van der Waals surface area contributed by atoms with Crippen molar-refractivity contribution in [1.82, 2.24) is 37.0 Å². The molecule has 0 spiro atoms. The minimum Gasteiger partial charge on any atom is -0.317 e. The second-order valence-corrected chi connectivity index (χ2v) is 23.3. The predicted molar refractivity (Wildman–Crippen MR) is 369 cm³/mol. The molecule has 0 fully saturated rings. The van der Waals surface area contributed by atoms with Crippen LogP contribution in [0.4, 0.5) is 5.69 Å². The minimum absolute atomic E-state index is 0.451. The van der Waals surface area contributed by atoms with Gasteiger partial charge in [0.1, 0.15) is 0 Å². The van der Waals surface area contributed by atoms with Crippen molar-refractivity contribution < 1.29 is 0 Å². The SMILES string of the molecule is [C-]#[N+]c1c(-n2c3ccccc3c3ccccc32)c(-n2c3ccc(-c4ccccc4)cc3n3c4cc(-c5ccccc5)ccc4nc23)cc(-n2c3ccc(-c4ccccc4)cc3n3c4cc(-c5ccccc5)ccc4nc23)c1-n1c2ccccc2c2ccccc21. The molecule has 0 radical (unpaired) electrons. The largest absolute Gasteiger partial charge is 0.317 e. The Bertz CT molecular complexity index is 5730. The summed E-state index contributed by atoms with van der Waals surface area (Å²) in [6.07, 6.45) is 0. The summed E-state index contributed by atoms with van der Waals surface area (Å²) >= 11 is 0. The lowest BCUT2D eigenvalue weighted by atomic mass is 10.0. The van der Waals surface area contributed by atoms with E-state index in [1.807, 2.05) is 0 Å². The third kappa shape index (κ3) is 7.18. The Morgan fingerprint density at radius 1 is 0.244 bits per heavy atom. The van der Waals surface area contributed by atoms with E-state index in [0.717, 1.165) is 144 Å². The zero-order chi connectivity index (χ0) is 59.1. The van der Waals surface area contributed by atoms with Gasteiger partial charge in [-0.25, -0.2) is 14.8 Å². The molecule has 418 valence electrons. The summed E-state index contributed by atoms with van der Waals surface area (Å²) in [5.41, 5.74) is 23.5. The van der Waals surface area contributed by atoms with Gasteiger partial charge >= 0.3 is 0 Å². The van der Waals surface area contributed by atoms with E-state index < -0.39 is 0 Å². The van der Waals surface area contributed by atoms with Crippen LogP contribution in [0.2, 0.25) is 0 Å². The van der Waals surface area contributed by atoms with Gasteiger partial charge in [-0.15, -0.1) is 0 Å². The van der Waals surface area contributed by atoms with E-state index in [9.17, 15) is 6.57 Å². The summed E-state index contributed by atoms with van der Waals surface area (Å²) < 4.78 is 14.0. The summed E-state index contributed by atoms with van der Waals surface area (Å²) in [5, 5.41) is 4.33. The average molecular weight is 1150 g/mol. The third-order valence-electron chi connectivity index (χ3n) is 18.4. The number of benzene rings is 13. The normalized spacial score (nSPS) is 12.0. The molecule has 0 aliphatic heterocycles. The van der Waals surface area contributed by atoms with Crippen molar-refractivity contribution in [2.24, 2.45) is 0 Å². The molecule has 19 rings (SSSR count). The number of aromatic nitrogens is 8. The van der Waals surface area contributed by atoms with Crippen molar-refractivity contribution in [2.45, 2.75) is 0 Å². The smallest absolute Gasteiger partial charge is 0.238 e. The van der Waals surface area contributed by atoms with Crippen molar-refractivity contribution >= 4 is 105 Å². The summed E-state index contributed by atoms with van der Waals surface area (Å²) in [4.78, 5) is 16.4. The lowest BCUT2D eigenvalue weighted by Crippen LogP contribution is -2.11. The van der Waals surface area contributed by atoms with Gasteiger partial charge in [0, 0.05) is 21.5 Å². The average Bonchev–Trinajstić information content (AvgIpc) is 1.52. The summed E-state index contributed by atoms with van der Waals surface area (Å²) in [5.74, 6) is 1.41. The lowest BCUT2D eigenvalue weighted by molar-refractivity contribution is 1.02. The lowest BCUT2D eigenvalue weighted by Gasteiger charge is -2.24. The minimum atomic E-state index is 0.451. The number of fused-ring (bicyclic) bond motifs is 16.